The van der Waals surface area contributed by atoms with E-state index in [9.17, 15) is 9.00 Å². The van der Waals surface area contributed by atoms with Gasteiger partial charge in [0.1, 0.15) is 5.75 Å². The molecule has 2 rings (SSSR count). The van der Waals surface area contributed by atoms with Crippen LogP contribution < -0.4 is 4.74 Å². The Balaban J connectivity index is 1.83. The smallest absolute Gasteiger partial charge is 0.304 e. The number of rotatable bonds is 6. The first-order valence-corrected chi connectivity index (χ1v) is 7.45. The summed E-state index contributed by atoms with van der Waals surface area (Å²) in [6, 6.07) is 6.03. The number of hydrogen-bond acceptors (Lipinski definition) is 3. The normalized spacial score (nSPS) is 14.9. The highest BCUT2D eigenvalue weighted by Gasteiger charge is 2.12. The minimum atomic E-state index is -1.05. The third-order valence-electron chi connectivity index (χ3n) is 2.92. The molecule has 18 heavy (non-hydrogen) atoms. The Morgan fingerprint density at radius 3 is 3.00 bits per heavy atom. The highest BCUT2D eigenvalue weighted by Crippen LogP contribution is 2.25. The maximum Gasteiger partial charge on any atom is 0.304 e. The van der Waals surface area contributed by atoms with Crippen LogP contribution in [0.1, 0.15) is 17.5 Å². The van der Waals surface area contributed by atoms with Crippen LogP contribution in [0.4, 0.5) is 0 Å². The molecule has 0 saturated carbocycles. The van der Waals surface area contributed by atoms with Gasteiger partial charge in [0, 0.05) is 28.7 Å². The van der Waals surface area contributed by atoms with Crippen LogP contribution in [0.5, 0.6) is 5.75 Å². The third-order valence-corrected chi connectivity index (χ3v) is 4.23. The average Bonchev–Trinajstić information content (AvgIpc) is 2.81. The van der Waals surface area contributed by atoms with Crippen molar-refractivity contribution in [3.05, 3.63) is 29.3 Å². The molecule has 1 unspecified atom stereocenters. The molecule has 0 amide bonds. The summed E-state index contributed by atoms with van der Waals surface area (Å²) in [4.78, 5) is 10.4. The first kappa shape index (κ1) is 13.1. The van der Waals surface area contributed by atoms with Gasteiger partial charge in [0.25, 0.3) is 0 Å². The lowest BCUT2D eigenvalue weighted by Crippen LogP contribution is -2.09. The first-order valence-electron chi connectivity index (χ1n) is 5.96. The van der Waals surface area contributed by atoms with E-state index in [1.807, 2.05) is 12.1 Å². The molecule has 5 heteroatoms. The molecule has 0 spiro atoms. The minimum absolute atomic E-state index is 0.0232. The largest absolute Gasteiger partial charge is 0.493 e. The number of benzene rings is 1. The van der Waals surface area contributed by atoms with E-state index < -0.39 is 16.8 Å². The van der Waals surface area contributed by atoms with Gasteiger partial charge in [-0.05, 0) is 23.6 Å². The van der Waals surface area contributed by atoms with Crippen LogP contribution in [0, 0.1) is 0 Å². The van der Waals surface area contributed by atoms with Crippen molar-refractivity contribution >= 4 is 16.8 Å². The fourth-order valence-corrected chi connectivity index (χ4v) is 3.00. The summed E-state index contributed by atoms with van der Waals surface area (Å²) >= 11 is 0. The lowest BCUT2D eigenvalue weighted by Gasteiger charge is -2.04. The Hall–Kier alpha value is -1.36. The van der Waals surface area contributed by atoms with Crippen LogP contribution in [0.3, 0.4) is 0 Å². The van der Waals surface area contributed by atoms with E-state index >= 15 is 0 Å². The van der Waals surface area contributed by atoms with Gasteiger partial charge < -0.3 is 9.84 Å². The van der Waals surface area contributed by atoms with Gasteiger partial charge in [-0.15, -0.1) is 0 Å². The first-order chi connectivity index (χ1) is 8.65. The van der Waals surface area contributed by atoms with E-state index in [0.717, 1.165) is 30.8 Å². The number of carboxylic acids is 1. The number of fused-ring (bicyclic) bond motifs is 1. The fraction of sp³-hybridized carbons (Fsp3) is 0.462. The summed E-state index contributed by atoms with van der Waals surface area (Å²) in [5.74, 6) is 0.819. The zero-order valence-corrected chi connectivity index (χ0v) is 10.9. The maximum absolute atomic E-state index is 11.6. The summed E-state index contributed by atoms with van der Waals surface area (Å²) in [5.41, 5.74) is 2.35. The van der Waals surface area contributed by atoms with Gasteiger partial charge in [-0.25, -0.2) is 0 Å². The molecule has 98 valence electrons. The van der Waals surface area contributed by atoms with Crippen molar-refractivity contribution in [1.82, 2.24) is 0 Å². The van der Waals surface area contributed by atoms with E-state index in [4.69, 9.17) is 9.84 Å². The maximum atomic E-state index is 11.6. The van der Waals surface area contributed by atoms with Gasteiger partial charge in [0.15, 0.2) is 0 Å². The monoisotopic (exact) mass is 268 g/mol. The highest BCUT2D eigenvalue weighted by molar-refractivity contribution is 7.84. The zero-order chi connectivity index (χ0) is 13.0. The number of carbonyl (C=O) groups is 1. The number of carboxylic acid groups (broad SMARTS) is 1. The second kappa shape index (κ2) is 6.00. The van der Waals surface area contributed by atoms with E-state index in [-0.39, 0.29) is 12.2 Å². The van der Waals surface area contributed by atoms with Crippen LogP contribution >= 0.6 is 0 Å². The van der Waals surface area contributed by atoms with Crippen LogP contribution in [0.15, 0.2) is 18.2 Å². The average molecular weight is 268 g/mol. The third kappa shape index (κ3) is 3.57. The molecule has 1 aromatic rings. The van der Waals surface area contributed by atoms with Crippen molar-refractivity contribution in [2.24, 2.45) is 0 Å². The summed E-state index contributed by atoms with van der Waals surface area (Å²) in [6.45, 7) is 0.739. The topological polar surface area (TPSA) is 63.6 Å². The molecule has 1 aromatic carbocycles. The molecule has 1 aliphatic heterocycles. The van der Waals surface area contributed by atoms with Crippen molar-refractivity contribution in [3.63, 3.8) is 0 Å². The Kier molecular flexibility index (Phi) is 4.36. The Morgan fingerprint density at radius 1 is 1.39 bits per heavy atom. The molecule has 0 fully saturated rings. The fourth-order valence-electron chi connectivity index (χ4n) is 1.93. The lowest BCUT2D eigenvalue weighted by atomic mass is 10.1. The zero-order valence-electron chi connectivity index (χ0n) is 10.1. The molecule has 1 aliphatic rings. The Morgan fingerprint density at radius 2 is 2.22 bits per heavy atom. The quantitative estimate of drug-likeness (QED) is 0.846. The van der Waals surface area contributed by atoms with Crippen LogP contribution in [0.25, 0.3) is 0 Å². The van der Waals surface area contributed by atoms with Crippen molar-refractivity contribution in [2.75, 3.05) is 18.1 Å². The minimum Gasteiger partial charge on any atom is -0.493 e. The van der Waals surface area contributed by atoms with Gasteiger partial charge >= 0.3 is 5.97 Å². The van der Waals surface area contributed by atoms with Gasteiger partial charge in [0.2, 0.25) is 0 Å². The van der Waals surface area contributed by atoms with Crippen molar-refractivity contribution in [2.45, 2.75) is 19.3 Å². The van der Waals surface area contributed by atoms with Gasteiger partial charge in [-0.1, -0.05) is 12.1 Å². The number of ether oxygens (including phenoxy) is 1. The van der Waals surface area contributed by atoms with Gasteiger partial charge in [-0.2, -0.15) is 0 Å². The predicted molar refractivity (Wildman–Crippen MR) is 69.5 cm³/mol. The summed E-state index contributed by atoms with van der Waals surface area (Å²) < 4.78 is 17.0. The Bertz CT molecular complexity index is 470. The van der Waals surface area contributed by atoms with E-state index in [1.165, 1.54) is 5.56 Å². The summed E-state index contributed by atoms with van der Waals surface area (Å²) in [6.07, 6.45) is 1.63. The number of aryl methyl sites for hydroxylation is 1. The molecule has 0 saturated heterocycles. The highest BCUT2D eigenvalue weighted by atomic mass is 32.2. The molecular weight excluding hydrogens is 252 g/mol. The van der Waals surface area contributed by atoms with Crippen LogP contribution in [-0.2, 0) is 28.4 Å². The van der Waals surface area contributed by atoms with E-state index in [2.05, 4.69) is 6.07 Å². The van der Waals surface area contributed by atoms with Gasteiger partial charge in [0.05, 0.1) is 13.0 Å². The summed E-state index contributed by atoms with van der Waals surface area (Å²) in [5, 5.41) is 8.51. The molecule has 1 N–H and O–H groups in total. The lowest BCUT2D eigenvalue weighted by molar-refractivity contribution is -0.136. The molecular formula is C13H16O4S. The van der Waals surface area contributed by atoms with Crippen LogP contribution in [0.2, 0.25) is 0 Å². The molecule has 0 radical (unpaired) electrons. The Labute approximate surface area is 108 Å². The molecule has 0 aromatic heterocycles. The van der Waals surface area contributed by atoms with Crippen LogP contribution in [-0.4, -0.2) is 33.4 Å². The second-order valence-corrected chi connectivity index (χ2v) is 5.98. The number of hydrogen-bond donors (Lipinski definition) is 1. The molecule has 4 nitrogen and oxygen atoms in total. The van der Waals surface area contributed by atoms with E-state index in [0.29, 0.717) is 5.75 Å². The molecule has 0 aliphatic carbocycles. The summed E-state index contributed by atoms with van der Waals surface area (Å²) in [7, 11) is -1.05. The SMILES string of the molecule is O=C(O)CCS(=O)CCc1ccc2c(c1)CCO2. The van der Waals surface area contributed by atoms with Crippen molar-refractivity contribution in [3.8, 4) is 5.75 Å². The molecule has 1 atom stereocenters. The standard InChI is InChI=1S/C13H16O4S/c14-13(15)5-8-18(16)7-4-10-1-2-12-11(9-10)3-6-17-12/h1-2,9H,3-8H2,(H,14,15). The van der Waals surface area contributed by atoms with Gasteiger partial charge in [-0.3, -0.25) is 9.00 Å². The van der Waals surface area contributed by atoms with Crippen molar-refractivity contribution < 1.29 is 18.8 Å². The van der Waals surface area contributed by atoms with E-state index in [1.54, 1.807) is 0 Å². The molecule has 1 heterocycles. The molecule has 0 bridgehead atoms. The predicted octanol–water partition coefficient (Wildman–Crippen LogP) is 1.39. The number of aliphatic carboxylic acids is 1. The van der Waals surface area contributed by atoms with Crippen molar-refractivity contribution in [1.29, 1.82) is 0 Å². The second-order valence-electron chi connectivity index (χ2n) is 4.28.